The molecule has 1 rings (SSSR count). The van der Waals surface area contributed by atoms with E-state index in [0.29, 0.717) is 13.1 Å². The van der Waals surface area contributed by atoms with Crippen molar-refractivity contribution in [2.45, 2.75) is 41.0 Å². The molecule has 1 atom stereocenters. The maximum Gasteiger partial charge on any atom is 0.234 e. The van der Waals surface area contributed by atoms with Gasteiger partial charge in [0.15, 0.2) is 5.78 Å². The predicted molar refractivity (Wildman–Crippen MR) is 68.6 cm³/mol. The van der Waals surface area contributed by atoms with Crippen LogP contribution in [-0.4, -0.2) is 29.7 Å². The second kappa shape index (κ2) is 5.03. The average molecular weight is 237 g/mol. The molecule has 0 unspecified atom stereocenters. The number of hydrogen-bond donors (Lipinski definition) is 0. The molecule has 1 aliphatic carbocycles. The Hall–Kier alpha value is -1.12. The van der Waals surface area contributed by atoms with E-state index >= 15 is 0 Å². The molecule has 3 heteroatoms. The first-order chi connectivity index (χ1) is 7.83. The summed E-state index contributed by atoms with van der Waals surface area (Å²) < 4.78 is 0. The van der Waals surface area contributed by atoms with Crippen molar-refractivity contribution in [3.05, 3.63) is 11.6 Å². The lowest BCUT2D eigenvalue weighted by molar-refractivity contribution is -0.144. The van der Waals surface area contributed by atoms with Crippen LogP contribution in [0, 0.1) is 11.3 Å². The molecule has 0 radical (unpaired) electrons. The molecule has 0 bridgehead atoms. The smallest absolute Gasteiger partial charge is 0.234 e. The fourth-order valence-electron chi connectivity index (χ4n) is 2.76. The van der Waals surface area contributed by atoms with Gasteiger partial charge < -0.3 is 4.90 Å². The molecule has 1 aliphatic rings. The van der Waals surface area contributed by atoms with Crippen LogP contribution in [0.3, 0.4) is 0 Å². The first kappa shape index (κ1) is 13.9. The van der Waals surface area contributed by atoms with E-state index in [-0.39, 0.29) is 17.1 Å². The van der Waals surface area contributed by atoms with Gasteiger partial charge in [0.05, 0.1) is 0 Å². The number of carbonyl (C=O) groups is 2. The Balaban J connectivity index is 3.03. The fourth-order valence-corrected chi connectivity index (χ4v) is 2.76. The lowest BCUT2D eigenvalue weighted by Crippen LogP contribution is -2.47. The monoisotopic (exact) mass is 237 g/mol. The molecule has 0 fully saturated rings. The molecule has 1 amide bonds. The van der Waals surface area contributed by atoms with Gasteiger partial charge in [0.25, 0.3) is 0 Å². The van der Waals surface area contributed by atoms with E-state index in [1.54, 1.807) is 11.0 Å². The van der Waals surface area contributed by atoms with Crippen molar-refractivity contribution in [3.63, 3.8) is 0 Å². The average Bonchev–Trinajstić information content (AvgIpc) is 2.15. The highest BCUT2D eigenvalue weighted by Crippen LogP contribution is 2.39. The van der Waals surface area contributed by atoms with Crippen LogP contribution in [0.15, 0.2) is 11.6 Å². The molecule has 3 nitrogen and oxygen atoms in total. The van der Waals surface area contributed by atoms with Gasteiger partial charge in [-0.15, -0.1) is 0 Å². The van der Waals surface area contributed by atoms with Gasteiger partial charge in [-0.1, -0.05) is 19.4 Å². The number of allylic oxidation sites excluding steroid dienone is 2. The van der Waals surface area contributed by atoms with Crippen molar-refractivity contribution in [3.8, 4) is 0 Å². The summed E-state index contributed by atoms with van der Waals surface area (Å²) in [4.78, 5) is 26.2. The van der Waals surface area contributed by atoms with Gasteiger partial charge >= 0.3 is 0 Å². The summed E-state index contributed by atoms with van der Waals surface area (Å²) in [5.41, 5.74) is 0.805. The molecular formula is C14H23NO2. The maximum absolute atomic E-state index is 12.4. The normalized spacial score (nSPS) is 23.2. The van der Waals surface area contributed by atoms with Crippen molar-refractivity contribution in [1.82, 2.24) is 4.90 Å². The number of amides is 1. The third-order valence-electron chi connectivity index (χ3n) is 3.51. The van der Waals surface area contributed by atoms with E-state index in [9.17, 15) is 9.59 Å². The van der Waals surface area contributed by atoms with Crippen molar-refractivity contribution in [1.29, 1.82) is 0 Å². The molecular weight excluding hydrogens is 214 g/mol. The van der Waals surface area contributed by atoms with Gasteiger partial charge in [0, 0.05) is 13.1 Å². The van der Waals surface area contributed by atoms with Crippen LogP contribution in [-0.2, 0) is 9.59 Å². The molecule has 0 aromatic heterocycles. The van der Waals surface area contributed by atoms with E-state index in [0.717, 1.165) is 12.0 Å². The van der Waals surface area contributed by atoms with Gasteiger partial charge in [-0.3, -0.25) is 9.59 Å². The first-order valence-electron chi connectivity index (χ1n) is 6.33. The summed E-state index contributed by atoms with van der Waals surface area (Å²) in [6.45, 7) is 11.2. The molecule has 0 N–H and O–H groups in total. The zero-order valence-corrected chi connectivity index (χ0v) is 11.5. The second-order valence-electron chi connectivity index (χ2n) is 5.50. The van der Waals surface area contributed by atoms with Crippen LogP contribution >= 0.6 is 0 Å². The number of nitrogens with zero attached hydrogens (tertiary/aromatic N) is 1. The van der Waals surface area contributed by atoms with Crippen LogP contribution < -0.4 is 0 Å². The van der Waals surface area contributed by atoms with Crippen LogP contribution in [0.2, 0.25) is 0 Å². The summed E-state index contributed by atoms with van der Waals surface area (Å²) >= 11 is 0. The van der Waals surface area contributed by atoms with E-state index in [1.165, 1.54) is 0 Å². The Kier molecular flexibility index (Phi) is 4.12. The molecule has 0 aromatic carbocycles. The Bertz CT molecular complexity index is 351. The van der Waals surface area contributed by atoms with Crippen LogP contribution in [0.4, 0.5) is 0 Å². The number of rotatable bonds is 3. The molecule has 0 aromatic rings. The summed E-state index contributed by atoms with van der Waals surface area (Å²) in [5, 5.41) is 0. The maximum atomic E-state index is 12.4. The molecule has 96 valence electrons. The minimum atomic E-state index is -0.508. The van der Waals surface area contributed by atoms with Crippen molar-refractivity contribution in [2.24, 2.45) is 11.3 Å². The minimum Gasteiger partial charge on any atom is -0.343 e. The highest BCUT2D eigenvalue weighted by Gasteiger charge is 2.43. The van der Waals surface area contributed by atoms with Gasteiger partial charge in [-0.2, -0.15) is 0 Å². The predicted octanol–water partition coefficient (Wildman–Crippen LogP) is 2.42. The second-order valence-corrected chi connectivity index (χ2v) is 5.50. The minimum absolute atomic E-state index is 0.0197. The van der Waals surface area contributed by atoms with Gasteiger partial charge in [-0.05, 0) is 38.7 Å². The molecule has 0 heterocycles. The summed E-state index contributed by atoms with van der Waals surface area (Å²) in [6.07, 6.45) is 2.45. The Morgan fingerprint density at radius 1 is 1.41 bits per heavy atom. The molecule has 0 aliphatic heterocycles. The summed E-state index contributed by atoms with van der Waals surface area (Å²) in [5.74, 6) is -0.560. The van der Waals surface area contributed by atoms with E-state index in [1.807, 2.05) is 34.6 Å². The van der Waals surface area contributed by atoms with E-state index in [2.05, 4.69) is 0 Å². The Labute approximate surface area is 104 Å². The Morgan fingerprint density at radius 2 is 1.94 bits per heavy atom. The zero-order valence-electron chi connectivity index (χ0n) is 11.5. The third-order valence-corrected chi connectivity index (χ3v) is 3.51. The molecule has 0 spiro atoms. The lowest BCUT2D eigenvalue weighted by atomic mass is 9.68. The van der Waals surface area contributed by atoms with Gasteiger partial charge in [0.2, 0.25) is 5.91 Å². The highest BCUT2D eigenvalue weighted by atomic mass is 16.2. The zero-order chi connectivity index (χ0) is 13.2. The SMILES string of the molecule is CCN(CC)C(=O)[C@@H]1C(=O)C=C(C)CC1(C)C. The molecule has 0 saturated heterocycles. The van der Waals surface area contributed by atoms with E-state index < -0.39 is 5.92 Å². The number of carbonyl (C=O) groups excluding carboxylic acids is 2. The van der Waals surface area contributed by atoms with Crippen molar-refractivity contribution < 1.29 is 9.59 Å². The van der Waals surface area contributed by atoms with Crippen LogP contribution in [0.25, 0.3) is 0 Å². The van der Waals surface area contributed by atoms with Gasteiger partial charge in [0.1, 0.15) is 5.92 Å². The number of ketones is 1. The lowest BCUT2D eigenvalue weighted by Gasteiger charge is -2.37. The highest BCUT2D eigenvalue weighted by molar-refractivity contribution is 6.08. The van der Waals surface area contributed by atoms with E-state index in [4.69, 9.17) is 0 Å². The Morgan fingerprint density at radius 3 is 2.35 bits per heavy atom. The fraction of sp³-hybridized carbons (Fsp3) is 0.714. The van der Waals surface area contributed by atoms with Crippen molar-refractivity contribution in [2.75, 3.05) is 13.1 Å². The summed E-state index contributed by atoms with van der Waals surface area (Å²) in [6, 6.07) is 0. The van der Waals surface area contributed by atoms with Gasteiger partial charge in [-0.25, -0.2) is 0 Å². The molecule has 0 saturated carbocycles. The number of hydrogen-bond acceptors (Lipinski definition) is 2. The van der Waals surface area contributed by atoms with Crippen LogP contribution in [0.5, 0.6) is 0 Å². The molecule has 17 heavy (non-hydrogen) atoms. The topological polar surface area (TPSA) is 37.4 Å². The summed E-state index contributed by atoms with van der Waals surface area (Å²) in [7, 11) is 0. The largest absolute Gasteiger partial charge is 0.343 e. The quantitative estimate of drug-likeness (QED) is 0.707. The van der Waals surface area contributed by atoms with Crippen molar-refractivity contribution >= 4 is 11.7 Å². The first-order valence-corrected chi connectivity index (χ1v) is 6.33. The standard InChI is InChI=1S/C14H23NO2/c1-6-15(7-2)13(17)12-11(16)8-10(3)9-14(12,4)5/h8,12H,6-7,9H2,1-5H3/t12-/m0/s1. The third kappa shape index (κ3) is 2.76. The van der Waals surface area contributed by atoms with Crippen LogP contribution in [0.1, 0.15) is 41.0 Å².